The monoisotopic (exact) mass is 314 g/mol. The number of nitrogens with two attached hydrogens (primary N) is 1. The summed E-state index contributed by atoms with van der Waals surface area (Å²) >= 11 is 0. The van der Waals surface area contributed by atoms with Crippen LogP contribution in [0.1, 0.15) is 24.2 Å². The Hall–Kier alpha value is -1.64. The van der Waals surface area contributed by atoms with Crippen LogP contribution in [0.4, 0.5) is 5.69 Å². The Morgan fingerprint density at radius 3 is 2.71 bits per heavy atom. The number of benzene rings is 1. The minimum atomic E-state index is -3.92. The molecule has 7 nitrogen and oxygen atoms in total. The molecular formula is C13H18N2O5S. The fraction of sp³-hybridized carbons (Fsp3) is 0.462. The quantitative estimate of drug-likeness (QED) is 0.797. The minimum absolute atomic E-state index is 0.187. The highest BCUT2D eigenvalue weighted by molar-refractivity contribution is 7.89. The van der Waals surface area contributed by atoms with Gasteiger partial charge in [-0.05, 0) is 32.0 Å². The molecule has 21 heavy (non-hydrogen) atoms. The van der Waals surface area contributed by atoms with Crippen LogP contribution in [0.15, 0.2) is 23.1 Å². The first-order chi connectivity index (χ1) is 9.73. The second kappa shape index (κ2) is 5.63. The molecule has 0 radical (unpaired) electrons. The van der Waals surface area contributed by atoms with Crippen LogP contribution >= 0.6 is 0 Å². The molecule has 8 heteroatoms. The molecule has 3 N–H and O–H groups in total. The number of carboxylic acid groups (broad SMARTS) is 1. The molecule has 1 fully saturated rings. The van der Waals surface area contributed by atoms with E-state index in [0.717, 1.165) is 6.07 Å². The molecule has 0 saturated carbocycles. The first-order valence-electron chi connectivity index (χ1n) is 6.49. The number of hydrogen-bond donors (Lipinski definition) is 2. The number of rotatable bonds is 3. The van der Waals surface area contributed by atoms with Crippen LogP contribution in [0.3, 0.4) is 0 Å². The van der Waals surface area contributed by atoms with Crippen molar-refractivity contribution in [1.82, 2.24) is 4.31 Å². The maximum absolute atomic E-state index is 12.7. The lowest BCUT2D eigenvalue weighted by molar-refractivity contribution is -0.0170. The van der Waals surface area contributed by atoms with Crippen LogP contribution < -0.4 is 5.73 Å². The number of ether oxygens (including phenoxy) is 1. The molecule has 0 spiro atoms. The number of carboxylic acids is 1. The zero-order valence-corrected chi connectivity index (χ0v) is 12.6. The number of morpholine rings is 1. The van der Waals surface area contributed by atoms with E-state index in [1.165, 1.54) is 16.4 Å². The highest BCUT2D eigenvalue weighted by atomic mass is 32.2. The van der Waals surface area contributed by atoms with Gasteiger partial charge in [0.15, 0.2) is 0 Å². The average molecular weight is 314 g/mol. The SMILES string of the molecule is CC1CN(S(=O)(=O)c2ccc(N)cc2C(=O)O)C(C)CO1. The Morgan fingerprint density at radius 2 is 2.10 bits per heavy atom. The summed E-state index contributed by atoms with van der Waals surface area (Å²) in [5.41, 5.74) is 5.43. The van der Waals surface area contributed by atoms with Gasteiger partial charge in [-0.3, -0.25) is 0 Å². The zero-order valence-electron chi connectivity index (χ0n) is 11.8. The summed E-state index contributed by atoms with van der Waals surface area (Å²) in [6.45, 7) is 3.96. The summed E-state index contributed by atoms with van der Waals surface area (Å²) in [6, 6.07) is 3.42. The van der Waals surface area contributed by atoms with Gasteiger partial charge < -0.3 is 15.6 Å². The van der Waals surface area contributed by atoms with Crippen molar-refractivity contribution in [3.63, 3.8) is 0 Å². The maximum atomic E-state index is 12.7. The Labute approximate surface area is 123 Å². The molecule has 0 amide bonds. The topological polar surface area (TPSA) is 110 Å². The molecule has 1 saturated heterocycles. The van der Waals surface area contributed by atoms with Crippen LogP contribution in [-0.4, -0.2) is 49.1 Å². The number of nitrogen functional groups attached to an aromatic ring is 1. The van der Waals surface area contributed by atoms with Crippen molar-refractivity contribution < 1.29 is 23.1 Å². The predicted molar refractivity (Wildman–Crippen MR) is 76.6 cm³/mol. The second-order valence-corrected chi connectivity index (χ2v) is 6.99. The molecule has 1 aromatic carbocycles. The average Bonchev–Trinajstić information content (AvgIpc) is 2.41. The van der Waals surface area contributed by atoms with Gasteiger partial charge in [-0.1, -0.05) is 0 Å². The van der Waals surface area contributed by atoms with Crippen molar-refractivity contribution in [2.24, 2.45) is 0 Å². The van der Waals surface area contributed by atoms with Crippen molar-refractivity contribution in [3.05, 3.63) is 23.8 Å². The molecule has 2 atom stereocenters. The van der Waals surface area contributed by atoms with E-state index < -0.39 is 16.0 Å². The number of carbonyl (C=O) groups is 1. The maximum Gasteiger partial charge on any atom is 0.337 e. The summed E-state index contributed by atoms with van der Waals surface area (Å²) in [6.07, 6.45) is -0.238. The van der Waals surface area contributed by atoms with Gasteiger partial charge in [0.2, 0.25) is 10.0 Å². The number of sulfonamides is 1. The zero-order chi connectivity index (χ0) is 15.8. The van der Waals surface area contributed by atoms with E-state index in [9.17, 15) is 18.3 Å². The number of aromatic carboxylic acids is 1. The van der Waals surface area contributed by atoms with Gasteiger partial charge in [-0.25, -0.2) is 13.2 Å². The van der Waals surface area contributed by atoms with Gasteiger partial charge in [0, 0.05) is 18.3 Å². The van der Waals surface area contributed by atoms with E-state index in [1.54, 1.807) is 13.8 Å². The van der Waals surface area contributed by atoms with Crippen LogP contribution in [-0.2, 0) is 14.8 Å². The number of hydrogen-bond acceptors (Lipinski definition) is 5. The van der Waals surface area contributed by atoms with E-state index in [2.05, 4.69) is 0 Å². The second-order valence-electron chi connectivity index (χ2n) is 5.13. The lowest BCUT2D eigenvalue weighted by Gasteiger charge is -2.35. The molecule has 1 aliphatic rings. The Morgan fingerprint density at radius 1 is 1.43 bits per heavy atom. The first-order valence-corrected chi connectivity index (χ1v) is 7.93. The van der Waals surface area contributed by atoms with Crippen LogP contribution in [0, 0.1) is 0 Å². The molecule has 0 aliphatic carbocycles. The fourth-order valence-electron chi connectivity index (χ4n) is 2.27. The van der Waals surface area contributed by atoms with Gasteiger partial charge in [-0.15, -0.1) is 0 Å². The molecular weight excluding hydrogens is 296 g/mol. The third kappa shape index (κ3) is 3.02. The van der Waals surface area contributed by atoms with Crippen LogP contribution in [0.5, 0.6) is 0 Å². The lowest BCUT2D eigenvalue weighted by atomic mass is 10.2. The van der Waals surface area contributed by atoms with Crippen molar-refractivity contribution in [2.75, 3.05) is 18.9 Å². The molecule has 0 bridgehead atoms. The third-order valence-corrected chi connectivity index (χ3v) is 5.41. The molecule has 1 aromatic rings. The van der Waals surface area contributed by atoms with E-state index in [4.69, 9.17) is 10.5 Å². The van der Waals surface area contributed by atoms with Gasteiger partial charge in [-0.2, -0.15) is 4.31 Å². The predicted octanol–water partition coefficient (Wildman–Crippen LogP) is 0.765. The van der Waals surface area contributed by atoms with Gasteiger partial charge >= 0.3 is 5.97 Å². The Kier molecular flexibility index (Phi) is 4.22. The van der Waals surface area contributed by atoms with Crippen molar-refractivity contribution in [1.29, 1.82) is 0 Å². The van der Waals surface area contributed by atoms with Crippen molar-refractivity contribution in [3.8, 4) is 0 Å². The Balaban J connectivity index is 2.51. The smallest absolute Gasteiger partial charge is 0.337 e. The standard InChI is InChI=1S/C13H18N2O5S/c1-8-7-20-9(2)6-15(8)21(18,19)12-4-3-10(14)5-11(12)13(16)17/h3-5,8-9H,6-7,14H2,1-2H3,(H,16,17). The van der Waals surface area contributed by atoms with Crippen LogP contribution in [0.25, 0.3) is 0 Å². The summed E-state index contributed by atoms with van der Waals surface area (Å²) in [5.74, 6) is -1.32. The molecule has 1 aliphatic heterocycles. The molecule has 0 aromatic heterocycles. The van der Waals surface area contributed by atoms with Gasteiger partial charge in [0.25, 0.3) is 0 Å². The molecule has 1 heterocycles. The Bertz CT molecular complexity index is 659. The van der Waals surface area contributed by atoms with E-state index in [-0.39, 0.29) is 41.4 Å². The van der Waals surface area contributed by atoms with Crippen molar-refractivity contribution in [2.45, 2.75) is 30.9 Å². The van der Waals surface area contributed by atoms with E-state index >= 15 is 0 Å². The highest BCUT2D eigenvalue weighted by Crippen LogP contribution is 2.26. The molecule has 2 rings (SSSR count). The lowest BCUT2D eigenvalue weighted by Crippen LogP contribution is -2.50. The number of anilines is 1. The molecule has 2 unspecified atom stereocenters. The molecule has 116 valence electrons. The highest BCUT2D eigenvalue weighted by Gasteiger charge is 2.36. The summed E-state index contributed by atoms with van der Waals surface area (Å²) in [5, 5.41) is 9.21. The normalized spacial score (nSPS) is 23.9. The summed E-state index contributed by atoms with van der Waals surface area (Å²) in [7, 11) is -3.92. The van der Waals surface area contributed by atoms with E-state index in [1.807, 2.05) is 0 Å². The summed E-state index contributed by atoms with van der Waals surface area (Å²) in [4.78, 5) is 11.0. The van der Waals surface area contributed by atoms with Crippen molar-refractivity contribution >= 4 is 21.7 Å². The van der Waals surface area contributed by atoms with Gasteiger partial charge in [0.1, 0.15) is 0 Å². The minimum Gasteiger partial charge on any atom is -0.478 e. The number of nitrogens with zero attached hydrogens (tertiary/aromatic N) is 1. The fourth-order valence-corrected chi connectivity index (χ4v) is 4.13. The first kappa shape index (κ1) is 15.7. The van der Waals surface area contributed by atoms with E-state index in [0.29, 0.717) is 0 Å². The third-order valence-electron chi connectivity index (χ3n) is 3.37. The summed E-state index contributed by atoms with van der Waals surface area (Å²) < 4.78 is 32.2. The largest absolute Gasteiger partial charge is 0.478 e. The van der Waals surface area contributed by atoms with Gasteiger partial charge in [0.05, 0.1) is 23.2 Å². The van der Waals surface area contributed by atoms with Crippen LogP contribution in [0.2, 0.25) is 0 Å².